The summed E-state index contributed by atoms with van der Waals surface area (Å²) in [6, 6.07) is 4.58. The molecule has 0 unspecified atom stereocenters. The molecular weight excluding hydrogens is 238 g/mol. The van der Waals surface area contributed by atoms with Crippen molar-refractivity contribution in [3.05, 3.63) is 23.2 Å². The van der Waals surface area contributed by atoms with Crippen molar-refractivity contribution in [3.8, 4) is 5.75 Å². The van der Waals surface area contributed by atoms with E-state index < -0.39 is 10.0 Å². The standard InChI is InChI=1S/C9H12ClNO3S/c1-6(2)14-8-5-3-4-7(10)9(8)15(11,12)13/h3-6H,1-2H3,(H2,11,12,13). The van der Waals surface area contributed by atoms with Crippen molar-refractivity contribution in [2.45, 2.75) is 24.8 Å². The van der Waals surface area contributed by atoms with Crippen LogP contribution in [0.3, 0.4) is 0 Å². The molecule has 0 radical (unpaired) electrons. The Morgan fingerprint density at radius 3 is 2.47 bits per heavy atom. The van der Waals surface area contributed by atoms with Crippen LogP contribution in [0.2, 0.25) is 5.02 Å². The molecule has 0 spiro atoms. The second-order valence-corrected chi connectivity index (χ2v) is 5.18. The summed E-state index contributed by atoms with van der Waals surface area (Å²) in [6.45, 7) is 3.57. The molecule has 4 nitrogen and oxygen atoms in total. The third kappa shape index (κ3) is 3.09. The first-order valence-electron chi connectivity index (χ1n) is 4.30. The largest absolute Gasteiger partial charge is 0.490 e. The first-order valence-corrected chi connectivity index (χ1v) is 6.22. The van der Waals surface area contributed by atoms with Gasteiger partial charge >= 0.3 is 0 Å². The minimum Gasteiger partial charge on any atom is -0.490 e. The number of nitrogens with two attached hydrogens (primary N) is 1. The summed E-state index contributed by atoms with van der Waals surface area (Å²) in [4.78, 5) is -0.166. The molecule has 6 heteroatoms. The SMILES string of the molecule is CC(C)Oc1cccc(Cl)c1S(N)(=O)=O. The summed E-state index contributed by atoms with van der Waals surface area (Å²) in [5.41, 5.74) is 0. The number of hydrogen-bond donors (Lipinski definition) is 1. The van der Waals surface area contributed by atoms with Crippen LogP contribution in [0.1, 0.15) is 13.8 Å². The predicted octanol–water partition coefficient (Wildman–Crippen LogP) is 1.77. The average molecular weight is 250 g/mol. The van der Waals surface area contributed by atoms with Crippen LogP contribution in [0.25, 0.3) is 0 Å². The lowest BCUT2D eigenvalue weighted by molar-refractivity contribution is 0.236. The van der Waals surface area contributed by atoms with E-state index in [9.17, 15) is 8.42 Å². The van der Waals surface area contributed by atoms with E-state index in [4.69, 9.17) is 21.5 Å². The van der Waals surface area contributed by atoms with Crippen LogP contribution in [0, 0.1) is 0 Å². The van der Waals surface area contributed by atoms with E-state index in [1.807, 2.05) is 0 Å². The molecule has 0 bridgehead atoms. The lowest BCUT2D eigenvalue weighted by Gasteiger charge is -2.13. The van der Waals surface area contributed by atoms with Gasteiger partial charge in [-0.05, 0) is 26.0 Å². The third-order valence-electron chi connectivity index (χ3n) is 1.58. The van der Waals surface area contributed by atoms with Gasteiger partial charge in [-0.1, -0.05) is 17.7 Å². The molecule has 1 rings (SSSR count). The Labute approximate surface area is 94.0 Å². The first-order chi connectivity index (χ1) is 6.82. The monoisotopic (exact) mass is 249 g/mol. The fourth-order valence-electron chi connectivity index (χ4n) is 1.11. The van der Waals surface area contributed by atoms with Gasteiger partial charge in [0.1, 0.15) is 10.6 Å². The van der Waals surface area contributed by atoms with Gasteiger partial charge in [0, 0.05) is 0 Å². The number of primary sulfonamides is 1. The van der Waals surface area contributed by atoms with Crippen LogP contribution >= 0.6 is 11.6 Å². The van der Waals surface area contributed by atoms with Gasteiger partial charge in [-0.15, -0.1) is 0 Å². The van der Waals surface area contributed by atoms with Crippen LogP contribution in [0.4, 0.5) is 0 Å². The Bertz CT molecular complexity index is 456. The maximum Gasteiger partial charge on any atom is 0.243 e. The molecular formula is C9H12ClNO3S. The molecule has 0 fully saturated rings. The molecule has 2 N–H and O–H groups in total. The molecule has 84 valence electrons. The molecule has 0 aliphatic heterocycles. The van der Waals surface area contributed by atoms with Gasteiger partial charge in [-0.3, -0.25) is 0 Å². The van der Waals surface area contributed by atoms with Crippen molar-refractivity contribution in [1.82, 2.24) is 0 Å². The Hall–Kier alpha value is -0.780. The first kappa shape index (κ1) is 12.3. The number of sulfonamides is 1. The number of rotatable bonds is 3. The zero-order valence-electron chi connectivity index (χ0n) is 8.40. The molecule has 1 aromatic rings. The average Bonchev–Trinajstić information content (AvgIpc) is 1.99. The summed E-state index contributed by atoms with van der Waals surface area (Å²) < 4.78 is 27.8. The van der Waals surface area contributed by atoms with Gasteiger partial charge in [0.2, 0.25) is 10.0 Å². The van der Waals surface area contributed by atoms with Crippen LogP contribution in [0.15, 0.2) is 23.1 Å². The van der Waals surface area contributed by atoms with Gasteiger partial charge in [0.15, 0.2) is 0 Å². The van der Waals surface area contributed by atoms with Gasteiger partial charge in [-0.25, -0.2) is 13.6 Å². The summed E-state index contributed by atoms with van der Waals surface area (Å²) in [5, 5.41) is 5.11. The van der Waals surface area contributed by atoms with Crippen LogP contribution in [-0.4, -0.2) is 14.5 Å². The highest BCUT2D eigenvalue weighted by Crippen LogP contribution is 2.30. The fourth-order valence-corrected chi connectivity index (χ4v) is 2.34. The van der Waals surface area contributed by atoms with Gasteiger partial charge in [0.25, 0.3) is 0 Å². The van der Waals surface area contributed by atoms with E-state index in [0.29, 0.717) is 0 Å². The Morgan fingerprint density at radius 2 is 2.00 bits per heavy atom. The minimum atomic E-state index is -3.87. The molecule has 0 aliphatic carbocycles. The Kier molecular flexibility index (Phi) is 3.59. The zero-order chi connectivity index (χ0) is 11.6. The third-order valence-corrected chi connectivity index (χ3v) is 3.00. The summed E-state index contributed by atoms with van der Waals surface area (Å²) in [5.74, 6) is 0.181. The van der Waals surface area contributed by atoms with Crippen LogP contribution < -0.4 is 9.88 Å². The highest BCUT2D eigenvalue weighted by Gasteiger charge is 2.19. The van der Waals surface area contributed by atoms with Crippen molar-refractivity contribution in [3.63, 3.8) is 0 Å². The highest BCUT2D eigenvalue weighted by atomic mass is 35.5. The topological polar surface area (TPSA) is 69.4 Å². The maximum atomic E-state index is 11.3. The lowest BCUT2D eigenvalue weighted by Crippen LogP contribution is -2.16. The van der Waals surface area contributed by atoms with Gasteiger partial charge < -0.3 is 4.74 Å². The van der Waals surface area contributed by atoms with Crippen molar-refractivity contribution >= 4 is 21.6 Å². The predicted molar refractivity (Wildman–Crippen MR) is 58.6 cm³/mol. The van der Waals surface area contributed by atoms with E-state index in [0.717, 1.165) is 0 Å². The van der Waals surface area contributed by atoms with Crippen molar-refractivity contribution in [1.29, 1.82) is 0 Å². The fraction of sp³-hybridized carbons (Fsp3) is 0.333. The van der Waals surface area contributed by atoms with E-state index in [1.165, 1.54) is 12.1 Å². The number of ether oxygens (including phenoxy) is 1. The van der Waals surface area contributed by atoms with E-state index >= 15 is 0 Å². The smallest absolute Gasteiger partial charge is 0.243 e. The molecule has 0 aliphatic rings. The number of benzene rings is 1. The van der Waals surface area contributed by atoms with E-state index in [-0.39, 0.29) is 21.8 Å². The second kappa shape index (κ2) is 4.38. The number of hydrogen-bond acceptors (Lipinski definition) is 3. The normalized spacial score (nSPS) is 11.8. The summed E-state index contributed by atoms with van der Waals surface area (Å²) in [6.07, 6.45) is -0.149. The van der Waals surface area contributed by atoms with Crippen molar-refractivity contribution < 1.29 is 13.2 Å². The molecule has 0 heterocycles. The molecule has 15 heavy (non-hydrogen) atoms. The summed E-state index contributed by atoms with van der Waals surface area (Å²) >= 11 is 5.76. The molecule has 0 saturated heterocycles. The lowest BCUT2D eigenvalue weighted by atomic mass is 10.3. The quantitative estimate of drug-likeness (QED) is 0.888. The maximum absolute atomic E-state index is 11.3. The highest BCUT2D eigenvalue weighted by molar-refractivity contribution is 7.89. The van der Waals surface area contributed by atoms with Crippen molar-refractivity contribution in [2.75, 3.05) is 0 Å². The second-order valence-electron chi connectivity index (χ2n) is 3.28. The molecule has 0 aromatic heterocycles. The van der Waals surface area contributed by atoms with Crippen LogP contribution in [-0.2, 0) is 10.0 Å². The zero-order valence-corrected chi connectivity index (χ0v) is 9.97. The van der Waals surface area contributed by atoms with Crippen molar-refractivity contribution in [2.24, 2.45) is 5.14 Å². The van der Waals surface area contributed by atoms with E-state index in [2.05, 4.69) is 0 Å². The molecule has 1 aromatic carbocycles. The minimum absolute atomic E-state index is 0.0654. The van der Waals surface area contributed by atoms with Gasteiger partial charge in [-0.2, -0.15) is 0 Å². The number of halogens is 1. The van der Waals surface area contributed by atoms with Gasteiger partial charge in [0.05, 0.1) is 11.1 Å². The van der Waals surface area contributed by atoms with E-state index in [1.54, 1.807) is 19.9 Å². The van der Waals surface area contributed by atoms with Crippen LogP contribution in [0.5, 0.6) is 5.75 Å². The Morgan fingerprint density at radius 1 is 1.40 bits per heavy atom. The molecule has 0 atom stereocenters. The Balaban J connectivity index is 3.34. The summed E-state index contributed by atoms with van der Waals surface area (Å²) in [7, 11) is -3.87. The molecule has 0 amide bonds. The molecule has 0 saturated carbocycles.